The zero-order valence-corrected chi connectivity index (χ0v) is 36.9. The van der Waals surface area contributed by atoms with Gasteiger partial charge in [-0.05, 0) is 166 Å². The summed E-state index contributed by atoms with van der Waals surface area (Å²) in [5, 5.41) is 4.89. The molecule has 9 aromatic rings. The van der Waals surface area contributed by atoms with Crippen LogP contribution < -0.4 is 9.80 Å². The molecule has 0 radical (unpaired) electrons. The first-order valence-electron chi connectivity index (χ1n) is 22.4. The fourth-order valence-corrected chi connectivity index (χ4v) is 9.01. The largest absolute Gasteiger partial charge is 0.310 e. The summed E-state index contributed by atoms with van der Waals surface area (Å²) < 4.78 is 0. The second-order valence-electron chi connectivity index (χ2n) is 17.1. The van der Waals surface area contributed by atoms with E-state index in [0.717, 1.165) is 47.0 Å². The number of nitrogens with zero attached hydrogens (tertiary/aromatic N) is 2. The molecule has 306 valence electrons. The highest BCUT2D eigenvalue weighted by Gasteiger charge is 2.23. The zero-order chi connectivity index (χ0) is 42.7. The van der Waals surface area contributed by atoms with Crippen LogP contribution in [-0.4, -0.2) is 0 Å². The minimum atomic E-state index is 0.464. The monoisotopic (exact) mass is 804 g/mol. The molecule has 0 saturated heterocycles. The second-order valence-corrected chi connectivity index (χ2v) is 17.1. The predicted molar refractivity (Wildman–Crippen MR) is 269 cm³/mol. The topological polar surface area (TPSA) is 6.48 Å². The van der Waals surface area contributed by atoms with Crippen LogP contribution in [0, 0.1) is 13.8 Å². The van der Waals surface area contributed by atoms with Gasteiger partial charge in [-0.25, -0.2) is 0 Å². The lowest BCUT2D eigenvalue weighted by atomic mass is 9.85. The maximum absolute atomic E-state index is 2.44. The molecule has 9 aromatic carbocycles. The lowest BCUT2D eigenvalue weighted by molar-refractivity contribution is 0.733. The van der Waals surface area contributed by atoms with Gasteiger partial charge in [0.05, 0.1) is 0 Å². The highest BCUT2D eigenvalue weighted by Crippen LogP contribution is 2.48. The van der Waals surface area contributed by atoms with Crippen LogP contribution in [0.1, 0.15) is 74.6 Å². The van der Waals surface area contributed by atoms with Crippen molar-refractivity contribution in [3.05, 3.63) is 216 Å². The molecule has 0 aliphatic carbocycles. The average molecular weight is 805 g/mol. The minimum Gasteiger partial charge on any atom is -0.310 e. The van der Waals surface area contributed by atoms with E-state index < -0.39 is 0 Å². The Kier molecular flexibility index (Phi) is 11.5. The van der Waals surface area contributed by atoms with Crippen molar-refractivity contribution in [2.75, 3.05) is 9.80 Å². The van der Waals surface area contributed by atoms with Crippen LogP contribution in [0.2, 0.25) is 0 Å². The molecule has 0 N–H and O–H groups in total. The summed E-state index contributed by atoms with van der Waals surface area (Å²) in [6.45, 7) is 13.5. The van der Waals surface area contributed by atoms with E-state index in [4.69, 9.17) is 0 Å². The first kappa shape index (κ1) is 40.5. The molecule has 2 heteroatoms. The van der Waals surface area contributed by atoms with Crippen molar-refractivity contribution in [3.63, 3.8) is 0 Å². The van der Waals surface area contributed by atoms with E-state index in [1.54, 1.807) is 0 Å². The molecule has 0 amide bonds. The van der Waals surface area contributed by atoms with Gasteiger partial charge < -0.3 is 9.80 Å². The summed E-state index contributed by atoms with van der Waals surface area (Å²) in [6, 6.07) is 72.4. The number of rotatable bonds is 12. The number of anilines is 6. The summed E-state index contributed by atoms with van der Waals surface area (Å²) in [6.07, 6.45) is 2.18. The van der Waals surface area contributed by atoms with Gasteiger partial charge in [-0.1, -0.05) is 160 Å². The molecule has 0 aliphatic rings. The molecule has 0 spiro atoms. The standard InChI is InChI=1S/C60H56N2/c1-7-43(5)47-21-15-23-51(37-47)61(49-29-25-41(3)26-30-49)53-33-35-55-57(39-53)59(45-17-11-9-12-18-45)56-36-34-54(40-58(56)60(55)46-19-13-10-14-20-46)62(50-31-27-42(4)28-32-50)52-24-16-22-48(38-52)44(6)8-2/h9-40,43-44H,7-8H2,1-6H3. The molecule has 2 nitrogen and oxygen atoms in total. The van der Waals surface area contributed by atoms with E-state index in [0.29, 0.717) is 11.8 Å². The molecule has 2 atom stereocenters. The fraction of sp³-hybridized carbons (Fsp3) is 0.167. The second kappa shape index (κ2) is 17.6. The molecule has 2 unspecified atom stereocenters. The first-order chi connectivity index (χ1) is 30.3. The normalized spacial score (nSPS) is 12.4. The van der Waals surface area contributed by atoms with Gasteiger partial charge in [0.25, 0.3) is 0 Å². The number of hydrogen-bond acceptors (Lipinski definition) is 2. The molecule has 0 heterocycles. The molecule has 0 aromatic heterocycles. The number of hydrogen-bond donors (Lipinski definition) is 0. The van der Waals surface area contributed by atoms with Gasteiger partial charge in [-0.3, -0.25) is 0 Å². The van der Waals surface area contributed by atoms with E-state index in [2.05, 4.69) is 245 Å². The minimum absolute atomic E-state index is 0.464. The van der Waals surface area contributed by atoms with Gasteiger partial charge in [0.2, 0.25) is 0 Å². The van der Waals surface area contributed by atoms with Crippen LogP contribution in [0.4, 0.5) is 34.1 Å². The van der Waals surface area contributed by atoms with Crippen molar-refractivity contribution in [2.45, 2.75) is 66.2 Å². The van der Waals surface area contributed by atoms with Crippen molar-refractivity contribution >= 4 is 55.7 Å². The molecule has 0 saturated carbocycles. The van der Waals surface area contributed by atoms with E-state index in [1.807, 2.05) is 0 Å². The Labute approximate surface area is 368 Å². The Morgan fingerprint density at radius 1 is 0.339 bits per heavy atom. The lowest BCUT2D eigenvalue weighted by Gasteiger charge is -2.29. The van der Waals surface area contributed by atoms with Crippen LogP contribution in [0.25, 0.3) is 43.8 Å². The molecule has 0 aliphatic heterocycles. The average Bonchev–Trinajstić information content (AvgIpc) is 3.32. The molecular formula is C60H56N2. The van der Waals surface area contributed by atoms with Gasteiger partial charge in [0.15, 0.2) is 0 Å². The fourth-order valence-electron chi connectivity index (χ4n) is 9.01. The van der Waals surface area contributed by atoms with Gasteiger partial charge >= 0.3 is 0 Å². The van der Waals surface area contributed by atoms with Gasteiger partial charge in [0, 0.05) is 34.1 Å². The van der Waals surface area contributed by atoms with Gasteiger partial charge in [-0.15, -0.1) is 0 Å². The first-order valence-corrected chi connectivity index (χ1v) is 22.4. The third-order valence-corrected chi connectivity index (χ3v) is 12.9. The van der Waals surface area contributed by atoms with Crippen molar-refractivity contribution in [3.8, 4) is 22.3 Å². The summed E-state index contributed by atoms with van der Waals surface area (Å²) in [7, 11) is 0. The Bertz CT molecular complexity index is 2760. The van der Waals surface area contributed by atoms with Crippen LogP contribution in [-0.2, 0) is 0 Å². The molecule has 0 fully saturated rings. The summed E-state index contributed by atoms with van der Waals surface area (Å²) in [5.41, 5.74) is 16.9. The summed E-state index contributed by atoms with van der Waals surface area (Å²) >= 11 is 0. The molecule has 0 bridgehead atoms. The van der Waals surface area contributed by atoms with Crippen LogP contribution in [0.15, 0.2) is 194 Å². The molecular weight excluding hydrogens is 749 g/mol. The summed E-state index contributed by atoms with van der Waals surface area (Å²) in [4.78, 5) is 4.87. The number of benzene rings is 9. The van der Waals surface area contributed by atoms with Crippen LogP contribution in [0.5, 0.6) is 0 Å². The van der Waals surface area contributed by atoms with Crippen molar-refractivity contribution < 1.29 is 0 Å². The Morgan fingerprint density at radius 2 is 0.694 bits per heavy atom. The third-order valence-electron chi connectivity index (χ3n) is 12.9. The third kappa shape index (κ3) is 7.90. The number of fused-ring (bicyclic) bond motifs is 2. The van der Waals surface area contributed by atoms with Crippen molar-refractivity contribution in [1.82, 2.24) is 0 Å². The predicted octanol–water partition coefficient (Wildman–Crippen LogP) is 17.9. The highest BCUT2D eigenvalue weighted by atomic mass is 15.1. The smallest absolute Gasteiger partial charge is 0.0468 e. The zero-order valence-electron chi connectivity index (χ0n) is 36.9. The maximum Gasteiger partial charge on any atom is 0.0468 e. The van der Waals surface area contributed by atoms with Gasteiger partial charge in [0.1, 0.15) is 0 Å². The Balaban J connectivity index is 1.34. The van der Waals surface area contributed by atoms with E-state index in [9.17, 15) is 0 Å². The SMILES string of the molecule is CCC(C)c1cccc(N(c2ccc(C)cc2)c2ccc3c(-c4ccccc4)c4cc(N(c5ccc(C)cc5)c5cccc(C(C)CC)c5)ccc4c(-c4ccccc4)c3c2)c1. The van der Waals surface area contributed by atoms with Crippen molar-refractivity contribution in [1.29, 1.82) is 0 Å². The van der Waals surface area contributed by atoms with Crippen molar-refractivity contribution in [2.24, 2.45) is 0 Å². The van der Waals surface area contributed by atoms with Gasteiger partial charge in [-0.2, -0.15) is 0 Å². The maximum atomic E-state index is 2.44. The number of aryl methyl sites for hydroxylation is 2. The van der Waals surface area contributed by atoms with E-state index in [1.165, 1.54) is 66.1 Å². The Hall–Kier alpha value is -6.90. The van der Waals surface area contributed by atoms with E-state index >= 15 is 0 Å². The van der Waals surface area contributed by atoms with Crippen LogP contribution >= 0.6 is 0 Å². The van der Waals surface area contributed by atoms with Crippen LogP contribution in [0.3, 0.4) is 0 Å². The summed E-state index contributed by atoms with van der Waals surface area (Å²) in [5.74, 6) is 0.929. The molecule has 62 heavy (non-hydrogen) atoms. The lowest BCUT2D eigenvalue weighted by Crippen LogP contribution is -2.11. The molecule has 9 rings (SSSR count). The van der Waals surface area contributed by atoms with E-state index in [-0.39, 0.29) is 0 Å². The highest BCUT2D eigenvalue weighted by molar-refractivity contribution is 6.22. The quantitative estimate of drug-likeness (QED) is 0.114. The Morgan fingerprint density at radius 3 is 1.06 bits per heavy atom.